The van der Waals surface area contributed by atoms with Gasteiger partial charge in [-0.15, -0.1) is 6.58 Å². The highest BCUT2D eigenvalue weighted by Crippen LogP contribution is 2.01. The van der Waals surface area contributed by atoms with Gasteiger partial charge in [-0.2, -0.15) is 0 Å². The highest BCUT2D eigenvalue weighted by Gasteiger charge is 2.14. The van der Waals surface area contributed by atoms with Crippen molar-refractivity contribution in [2.75, 3.05) is 33.5 Å². The standard InChI is InChI=1S/C13H22O7/c1-5-6-17-7-10(2)8-18-13(15)20-11(3)9-19-12(14)16-4/h5,10-11H,1,6-9H2,2-4H3. The molecule has 7 nitrogen and oxygen atoms in total. The molecular formula is C13H22O7. The Bertz CT molecular complexity index is 303. The minimum atomic E-state index is -0.832. The Morgan fingerprint density at radius 3 is 2.35 bits per heavy atom. The summed E-state index contributed by atoms with van der Waals surface area (Å²) in [6.07, 6.45) is -0.623. The van der Waals surface area contributed by atoms with Crippen molar-refractivity contribution in [1.82, 2.24) is 0 Å². The van der Waals surface area contributed by atoms with Gasteiger partial charge in [0.05, 0.1) is 26.9 Å². The summed E-state index contributed by atoms with van der Waals surface area (Å²) >= 11 is 0. The van der Waals surface area contributed by atoms with Crippen LogP contribution in [0, 0.1) is 5.92 Å². The van der Waals surface area contributed by atoms with Gasteiger partial charge in [0.15, 0.2) is 0 Å². The molecule has 0 saturated heterocycles. The molecule has 0 heterocycles. The van der Waals surface area contributed by atoms with Gasteiger partial charge in [0.1, 0.15) is 12.7 Å². The molecule has 0 radical (unpaired) electrons. The van der Waals surface area contributed by atoms with Crippen molar-refractivity contribution < 1.29 is 33.3 Å². The van der Waals surface area contributed by atoms with Crippen LogP contribution in [0.3, 0.4) is 0 Å². The minimum absolute atomic E-state index is 0.0455. The van der Waals surface area contributed by atoms with Crippen molar-refractivity contribution >= 4 is 12.3 Å². The van der Waals surface area contributed by atoms with Gasteiger partial charge in [-0.25, -0.2) is 9.59 Å². The number of rotatable bonds is 9. The Balaban J connectivity index is 3.70. The summed E-state index contributed by atoms with van der Waals surface area (Å²) in [6, 6.07) is 0. The van der Waals surface area contributed by atoms with Crippen LogP contribution >= 0.6 is 0 Å². The van der Waals surface area contributed by atoms with Crippen molar-refractivity contribution in [3.8, 4) is 0 Å². The van der Waals surface area contributed by atoms with Crippen molar-refractivity contribution in [1.29, 1.82) is 0 Å². The number of carbonyl (C=O) groups excluding carboxylic acids is 2. The molecule has 0 saturated carbocycles. The second-order valence-corrected chi connectivity index (χ2v) is 4.19. The van der Waals surface area contributed by atoms with Gasteiger partial charge in [-0.3, -0.25) is 0 Å². The molecule has 0 fully saturated rings. The lowest BCUT2D eigenvalue weighted by Crippen LogP contribution is -2.24. The first-order valence-electron chi connectivity index (χ1n) is 6.22. The molecule has 0 amide bonds. The molecule has 2 atom stereocenters. The van der Waals surface area contributed by atoms with E-state index in [9.17, 15) is 9.59 Å². The summed E-state index contributed by atoms with van der Waals surface area (Å²) in [5.74, 6) is 0.0455. The molecule has 0 N–H and O–H groups in total. The average molecular weight is 290 g/mol. The first-order chi connectivity index (χ1) is 9.49. The SMILES string of the molecule is C=CCOCC(C)COC(=O)OC(C)COC(=O)OC. The molecule has 0 aromatic rings. The number of carbonyl (C=O) groups is 2. The topological polar surface area (TPSA) is 80.3 Å². The Morgan fingerprint density at radius 2 is 1.75 bits per heavy atom. The third kappa shape index (κ3) is 10.2. The summed E-state index contributed by atoms with van der Waals surface area (Å²) in [7, 11) is 1.19. The fourth-order valence-electron chi connectivity index (χ4n) is 1.09. The van der Waals surface area contributed by atoms with Gasteiger partial charge in [0.25, 0.3) is 0 Å². The first-order valence-corrected chi connectivity index (χ1v) is 6.22. The molecular weight excluding hydrogens is 268 g/mol. The van der Waals surface area contributed by atoms with Gasteiger partial charge in [-0.1, -0.05) is 13.0 Å². The van der Waals surface area contributed by atoms with Gasteiger partial charge in [0.2, 0.25) is 0 Å². The minimum Gasteiger partial charge on any atom is -0.438 e. The summed E-state index contributed by atoms with van der Waals surface area (Å²) in [5, 5.41) is 0. The predicted molar refractivity (Wildman–Crippen MR) is 70.4 cm³/mol. The summed E-state index contributed by atoms with van der Waals surface area (Å²) in [5.41, 5.74) is 0. The maximum atomic E-state index is 11.3. The van der Waals surface area contributed by atoms with E-state index in [-0.39, 0.29) is 19.1 Å². The van der Waals surface area contributed by atoms with Crippen LogP contribution in [0.2, 0.25) is 0 Å². The van der Waals surface area contributed by atoms with Gasteiger partial charge in [0, 0.05) is 5.92 Å². The van der Waals surface area contributed by atoms with E-state index in [1.165, 1.54) is 7.11 Å². The fraction of sp³-hybridized carbons (Fsp3) is 0.692. The third-order valence-electron chi connectivity index (χ3n) is 2.02. The lowest BCUT2D eigenvalue weighted by atomic mass is 10.2. The second kappa shape index (κ2) is 11.1. The van der Waals surface area contributed by atoms with Crippen molar-refractivity contribution in [3.05, 3.63) is 12.7 Å². The van der Waals surface area contributed by atoms with Gasteiger partial charge in [-0.05, 0) is 6.92 Å². The van der Waals surface area contributed by atoms with E-state index in [2.05, 4.69) is 16.1 Å². The summed E-state index contributed by atoms with van der Waals surface area (Å²) in [6.45, 7) is 7.97. The van der Waals surface area contributed by atoms with Crippen molar-refractivity contribution in [2.24, 2.45) is 5.92 Å². The largest absolute Gasteiger partial charge is 0.508 e. The molecule has 7 heteroatoms. The molecule has 0 bridgehead atoms. The quantitative estimate of drug-likeness (QED) is 0.365. The van der Waals surface area contributed by atoms with Gasteiger partial charge >= 0.3 is 12.3 Å². The monoisotopic (exact) mass is 290 g/mol. The van der Waals surface area contributed by atoms with Crippen LogP contribution in [-0.2, 0) is 23.7 Å². The zero-order valence-electron chi connectivity index (χ0n) is 12.1. The maximum Gasteiger partial charge on any atom is 0.508 e. The normalized spacial score (nSPS) is 12.9. The molecule has 0 aromatic heterocycles. The van der Waals surface area contributed by atoms with Crippen LogP contribution in [-0.4, -0.2) is 52.0 Å². The second-order valence-electron chi connectivity index (χ2n) is 4.19. The Labute approximate surface area is 118 Å². The predicted octanol–water partition coefficient (Wildman–Crippen LogP) is 2.15. The van der Waals surface area contributed by atoms with E-state index in [1.54, 1.807) is 13.0 Å². The number of hydrogen-bond donors (Lipinski definition) is 0. The molecule has 116 valence electrons. The zero-order valence-corrected chi connectivity index (χ0v) is 12.1. The molecule has 0 spiro atoms. The fourth-order valence-corrected chi connectivity index (χ4v) is 1.09. The van der Waals surface area contributed by atoms with Crippen LogP contribution in [0.5, 0.6) is 0 Å². The number of hydrogen-bond acceptors (Lipinski definition) is 7. The average Bonchev–Trinajstić information content (AvgIpc) is 2.42. The Kier molecular flexibility index (Phi) is 10.1. The van der Waals surface area contributed by atoms with Crippen LogP contribution in [0.4, 0.5) is 9.59 Å². The van der Waals surface area contributed by atoms with E-state index in [0.717, 1.165) is 0 Å². The molecule has 20 heavy (non-hydrogen) atoms. The van der Waals surface area contributed by atoms with Gasteiger partial charge < -0.3 is 23.7 Å². The van der Waals surface area contributed by atoms with Crippen LogP contribution in [0.1, 0.15) is 13.8 Å². The summed E-state index contributed by atoms with van der Waals surface area (Å²) < 4.78 is 23.9. The van der Waals surface area contributed by atoms with Crippen LogP contribution in [0.15, 0.2) is 12.7 Å². The van der Waals surface area contributed by atoms with Crippen LogP contribution < -0.4 is 0 Å². The van der Waals surface area contributed by atoms with E-state index in [1.807, 2.05) is 6.92 Å². The first kappa shape index (κ1) is 18.2. The Morgan fingerprint density at radius 1 is 1.10 bits per heavy atom. The van der Waals surface area contributed by atoms with Crippen molar-refractivity contribution in [2.45, 2.75) is 20.0 Å². The number of ether oxygens (including phenoxy) is 5. The highest BCUT2D eigenvalue weighted by atomic mass is 16.7. The highest BCUT2D eigenvalue weighted by molar-refractivity contribution is 5.60. The van der Waals surface area contributed by atoms with Crippen molar-refractivity contribution in [3.63, 3.8) is 0 Å². The molecule has 0 aromatic carbocycles. The van der Waals surface area contributed by atoms with E-state index >= 15 is 0 Å². The number of methoxy groups -OCH3 is 1. The Hall–Kier alpha value is -1.76. The zero-order chi connectivity index (χ0) is 15.4. The van der Waals surface area contributed by atoms with E-state index in [4.69, 9.17) is 14.2 Å². The smallest absolute Gasteiger partial charge is 0.438 e. The maximum absolute atomic E-state index is 11.3. The molecule has 0 rings (SSSR count). The summed E-state index contributed by atoms with van der Waals surface area (Å²) in [4.78, 5) is 22.0. The van der Waals surface area contributed by atoms with E-state index < -0.39 is 18.4 Å². The molecule has 2 unspecified atom stereocenters. The molecule has 0 aliphatic heterocycles. The molecule has 0 aliphatic carbocycles. The molecule has 0 aliphatic rings. The lowest BCUT2D eigenvalue weighted by molar-refractivity contribution is -0.0146. The third-order valence-corrected chi connectivity index (χ3v) is 2.02. The lowest BCUT2D eigenvalue weighted by Gasteiger charge is -2.15. The van der Waals surface area contributed by atoms with E-state index in [0.29, 0.717) is 13.2 Å². The van der Waals surface area contributed by atoms with Crippen LogP contribution in [0.25, 0.3) is 0 Å².